The van der Waals surface area contributed by atoms with E-state index in [2.05, 4.69) is 133 Å². The third-order valence-electron chi connectivity index (χ3n) is 5.56. The first kappa shape index (κ1) is 18.9. The molecule has 0 saturated heterocycles. The maximum atomic E-state index is 2.50. The predicted octanol–water partition coefficient (Wildman–Crippen LogP) is 6.77. The first-order chi connectivity index (χ1) is 14.9. The Hall–Kier alpha value is -3.12. The Labute approximate surface area is 184 Å². The van der Waals surface area contributed by atoms with E-state index >= 15 is 0 Å². The fourth-order valence-electron chi connectivity index (χ4n) is 4.05. The minimum atomic E-state index is -0.293. The molecule has 0 nitrogen and oxygen atoms in total. The van der Waals surface area contributed by atoms with Crippen molar-refractivity contribution in [3.05, 3.63) is 156 Å². The maximum absolute atomic E-state index is 2.50. The molecule has 0 fully saturated rings. The Kier molecular flexibility index (Phi) is 5.24. The van der Waals surface area contributed by atoms with E-state index in [1.807, 2.05) is 0 Å². The molecule has 1 heteroatoms. The summed E-state index contributed by atoms with van der Waals surface area (Å²) in [5, 5.41) is 0. The molecular weight excluding hydrogens is 427 g/mol. The molecule has 0 spiro atoms. The molecule has 4 aromatic carbocycles. The third-order valence-corrected chi connectivity index (χ3v) is 7.96. The van der Waals surface area contributed by atoms with Crippen LogP contribution >= 0.6 is 0 Å². The van der Waals surface area contributed by atoms with E-state index in [0.29, 0.717) is 0 Å². The second kappa shape index (κ2) is 8.32. The normalized spacial score (nSPS) is 15.2. The molecular formula is C29H22Se. The molecule has 5 rings (SSSR count). The van der Waals surface area contributed by atoms with E-state index in [1.165, 1.54) is 31.2 Å². The van der Waals surface area contributed by atoms with Crippen molar-refractivity contribution in [1.82, 2.24) is 0 Å². The molecule has 1 heterocycles. The van der Waals surface area contributed by atoms with Gasteiger partial charge in [0.15, 0.2) is 0 Å². The van der Waals surface area contributed by atoms with Crippen LogP contribution in [0.15, 0.2) is 133 Å². The topological polar surface area (TPSA) is 0 Å². The van der Waals surface area contributed by atoms with Gasteiger partial charge in [0.05, 0.1) is 0 Å². The van der Waals surface area contributed by atoms with E-state index < -0.39 is 0 Å². The summed E-state index contributed by atoms with van der Waals surface area (Å²) < 4.78 is 2.86. The van der Waals surface area contributed by atoms with Gasteiger partial charge < -0.3 is 0 Å². The molecule has 0 aliphatic carbocycles. The van der Waals surface area contributed by atoms with Gasteiger partial charge in [-0.3, -0.25) is 0 Å². The van der Waals surface area contributed by atoms with E-state index in [-0.39, 0.29) is 20.4 Å². The van der Waals surface area contributed by atoms with Crippen molar-refractivity contribution in [2.75, 3.05) is 0 Å². The van der Waals surface area contributed by atoms with Crippen LogP contribution in [-0.2, 0) is 5.41 Å². The molecule has 30 heavy (non-hydrogen) atoms. The molecule has 0 atom stereocenters. The van der Waals surface area contributed by atoms with Crippen LogP contribution in [0.5, 0.6) is 0 Å². The van der Waals surface area contributed by atoms with Crippen molar-refractivity contribution in [2.45, 2.75) is 5.41 Å². The molecule has 0 aromatic heterocycles. The van der Waals surface area contributed by atoms with Gasteiger partial charge in [0.2, 0.25) is 0 Å². The first-order valence-electron chi connectivity index (χ1n) is 10.2. The fraction of sp³-hybridized carbons (Fsp3) is 0.0345. The minimum absolute atomic E-state index is 0.232. The van der Waals surface area contributed by atoms with Crippen LogP contribution in [0.4, 0.5) is 0 Å². The summed E-state index contributed by atoms with van der Waals surface area (Å²) in [6.07, 6.45) is 5.00. The summed E-state index contributed by atoms with van der Waals surface area (Å²) in [4.78, 5) is 0. The van der Waals surface area contributed by atoms with Crippen molar-refractivity contribution >= 4 is 23.9 Å². The Bertz CT molecular complexity index is 1080. The zero-order valence-electron chi connectivity index (χ0n) is 16.6. The van der Waals surface area contributed by atoms with Crippen molar-refractivity contribution in [1.29, 1.82) is 0 Å². The van der Waals surface area contributed by atoms with Crippen molar-refractivity contribution in [3.8, 4) is 0 Å². The molecule has 0 saturated carbocycles. The van der Waals surface area contributed by atoms with E-state index in [1.54, 1.807) is 0 Å². The fourth-order valence-corrected chi connectivity index (χ4v) is 6.64. The number of hydrogen-bond acceptors (Lipinski definition) is 0. The van der Waals surface area contributed by atoms with Gasteiger partial charge in [-0.1, -0.05) is 0 Å². The summed E-state index contributed by atoms with van der Waals surface area (Å²) in [5.41, 5.74) is 4.94. The Morgan fingerprint density at radius 1 is 0.400 bits per heavy atom. The average Bonchev–Trinajstić information content (AvgIpc) is 2.86. The summed E-state index contributed by atoms with van der Waals surface area (Å²) in [6, 6.07) is 43.5. The van der Waals surface area contributed by atoms with Gasteiger partial charge >= 0.3 is 185 Å². The van der Waals surface area contributed by atoms with E-state index in [9.17, 15) is 0 Å². The van der Waals surface area contributed by atoms with Crippen molar-refractivity contribution in [2.24, 2.45) is 0 Å². The second-order valence-corrected chi connectivity index (χ2v) is 9.73. The van der Waals surface area contributed by atoms with Gasteiger partial charge in [0.1, 0.15) is 0 Å². The van der Waals surface area contributed by atoms with Gasteiger partial charge in [0, 0.05) is 0 Å². The standard InChI is InChI=1S/C29H22Se/c1-5-13-23(14-6-1)27-21-29(25-17-9-3-10-18-25,26-19-11-4-12-20-26)22-28(30-27)24-15-7-2-8-16-24/h1-22H. The van der Waals surface area contributed by atoms with Crippen LogP contribution in [0.2, 0.25) is 0 Å². The monoisotopic (exact) mass is 450 g/mol. The molecule has 4 aromatic rings. The quantitative estimate of drug-likeness (QED) is 0.302. The van der Waals surface area contributed by atoms with Gasteiger partial charge in [-0.25, -0.2) is 0 Å². The van der Waals surface area contributed by atoms with Crippen molar-refractivity contribution < 1.29 is 0 Å². The molecule has 144 valence electrons. The zero-order chi connectivity index (χ0) is 20.2. The van der Waals surface area contributed by atoms with Crippen LogP contribution in [0.3, 0.4) is 0 Å². The second-order valence-electron chi connectivity index (χ2n) is 7.45. The zero-order valence-corrected chi connectivity index (χ0v) is 18.3. The summed E-state index contributed by atoms with van der Waals surface area (Å²) in [5.74, 6) is 0. The summed E-state index contributed by atoms with van der Waals surface area (Å²) in [7, 11) is 0. The molecule has 0 unspecified atom stereocenters. The van der Waals surface area contributed by atoms with Crippen LogP contribution in [-0.4, -0.2) is 15.0 Å². The number of allylic oxidation sites excluding steroid dienone is 2. The van der Waals surface area contributed by atoms with Crippen molar-refractivity contribution in [3.63, 3.8) is 0 Å². The van der Waals surface area contributed by atoms with Crippen LogP contribution in [0, 0.1) is 0 Å². The number of hydrogen-bond donors (Lipinski definition) is 0. The molecule has 0 bridgehead atoms. The third kappa shape index (κ3) is 3.59. The Balaban J connectivity index is 1.80. The van der Waals surface area contributed by atoms with Crippen LogP contribution in [0.25, 0.3) is 8.94 Å². The van der Waals surface area contributed by atoms with Gasteiger partial charge in [0.25, 0.3) is 0 Å². The number of benzene rings is 4. The number of rotatable bonds is 4. The van der Waals surface area contributed by atoms with Gasteiger partial charge in [-0.15, -0.1) is 0 Å². The van der Waals surface area contributed by atoms with Crippen LogP contribution < -0.4 is 0 Å². The van der Waals surface area contributed by atoms with Gasteiger partial charge in [-0.2, -0.15) is 0 Å². The van der Waals surface area contributed by atoms with Crippen LogP contribution in [0.1, 0.15) is 22.3 Å². The molecule has 0 radical (unpaired) electrons. The van der Waals surface area contributed by atoms with Gasteiger partial charge in [-0.05, 0) is 0 Å². The Morgan fingerprint density at radius 2 is 0.733 bits per heavy atom. The summed E-state index contributed by atoms with van der Waals surface area (Å²) >= 11 is 0.232. The molecule has 1 aliphatic rings. The Morgan fingerprint density at radius 3 is 1.10 bits per heavy atom. The van der Waals surface area contributed by atoms with E-state index in [0.717, 1.165) is 0 Å². The molecule has 0 amide bonds. The van der Waals surface area contributed by atoms with E-state index in [4.69, 9.17) is 0 Å². The molecule has 1 aliphatic heterocycles. The summed E-state index contributed by atoms with van der Waals surface area (Å²) in [6.45, 7) is 0. The predicted molar refractivity (Wildman–Crippen MR) is 128 cm³/mol. The first-order valence-corrected chi connectivity index (χ1v) is 11.9. The SMILES string of the molecule is C1=C(c2ccccc2)[Se]C(c2ccccc2)=CC1(c1ccccc1)c1ccccc1. The average molecular weight is 449 g/mol. The molecule has 0 N–H and O–H groups in total.